The number of hydrogen-bond acceptors (Lipinski definition) is 5. The van der Waals surface area contributed by atoms with Crippen molar-refractivity contribution in [2.45, 2.75) is 26.3 Å². The van der Waals surface area contributed by atoms with Gasteiger partial charge in [-0.2, -0.15) is 0 Å². The monoisotopic (exact) mass is 452 g/mol. The number of fused-ring (bicyclic) bond motifs is 1. The Hall–Kier alpha value is -2.97. The van der Waals surface area contributed by atoms with Gasteiger partial charge in [-0.05, 0) is 25.0 Å². The highest BCUT2D eigenvalue weighted by molar-refractivity contribution is 8.26. The van der Waals surface area contributed by atoms with E-state index < -0.39 is 5.97 Å². The summed E-state index contributed by atoms with van der Waals surface area (Å²) in [6.07, 6.45) is 0.253. The van der Waals surface area contributed by atoms with Crippen LogP contribution in [0.5, 0.6) is 0 Å². The molecule has 1 saturated heterocycles. The molecule has 2 amide bonds. The number of benzene rings is 2. The van der Waals surface area contributed by atoms with Crippen LogP contribution in [0.15, 0.2) is 53.4 Å². The van der Waals surface area contributed by atoms with E-state index in [1.54, 1.807) is 4.90 Å². The topological polar surface area (TPSA) is 77.9 Å². The summed E-state index contributed by atoms with van der Waals surface area (Å²) in [6.45, 7) is 2.63. The molecule has 0 unspecified atom stereocenters. The van der Waals surface area contributed by atoms with Gasteiger partial charge in [-0.3, -0.25) is 19.3 Å². The number of carbonyl (C=O) groups excluding carboxylic acids is 2. The lowest BCUT2D eigenvalue weighted by molar-refractivity contribution is -0.137. The van der Waals surface area contributed by atoms with Crippen molar-refractivity contribution in [2.75, 3.05) is 11.4 Å². The molecular formula is C23H20N2O4S2. The van der Waals surface area contributed by atoms with Crippen LogP contribution in [0.3, 0.4) is 0 Å². The maximum Gasteiger partial charge on any atom is 0.303 e. The van der Waals surface area contributed by atoms with Gasteiger partial charge in [0.2, 0.25) is 0 Å². The number of aryl methyl sites for hydroxylation is 1. The highest BCUT2D eigenvalue weighted by Gasteiger charge is 2.41. The van der Waals surface area contributed by atoms with E-state index in [0.29, 0.717) is 33.3 Å². The van der Waals surface area contributed by atoms with Gasteiger partial charge in [0.1, 0.15) is 4.32 Å². The van der Waals surface area contributed by atoms with Crippen LogP contribution in [-0.4, -0.2) is 38.7 Å². The van der Waals surface area contributed by atoms with Gasteiger partial charge in [-0.25, -0.2) is 0 Å². The number of thiocarbonyl (C=S) groups is 1. The standard InChI is InChI=1S/C23H20N2O4S2/c1-14-8-10-15(11-9-14)13-25-17-6-3-2-5-16(17)19(21(25)28)20-22(29)24(23(30)31-20)12-4-7-18(26)27/h2-3,5-6,8-11H,4,7,12-13H2,1H3,(H,26,27)/b20-19+. The van der Waals surface area contributed by atoms with E-state index in [0.717, 1.165) is 28.6 Å². The van der Waals surface area contributed by atoms with E-state index >= 15 is 0 Å². The molecule has 158 valence electrons. The molecule has 0 bridgehead atoms. The Morgan fingerprint density at radius 3 is 2.45 bits per heavy atom. The summed E-state index contributed by atoms with van der Waals surface area (Å²) < 4.78 is 0.347. The third-order valence-corrected chi connectivity index (χ3v) is 6.68. The van der Waals surface area contributed by atoms with Crippen LogP contribution in [0.2, 0.25) is 0 Å². The predicted octanol–water partition coefficient (Wildman–Crippen LogP) is 3.98. The highest BCUT2D eigenvalue weighted by atomic mass is 32.2. The number of thioether (sulfide) groups is 1. The van der Waals surface area contributed by atoms with Crippen LogP contribution in [-0.2, 0) is 20.9 Å². The lowest BCUT2D eigenvalue weighted by atomic mass is 10.1. The van der Waals surface area contributed by atoms with Gasteiger partial charge in [-0.15, -0.1) is 0 Å². The summed E-state index contributed by atoms with van der Waals surface area (Å²) in [5.41, 5.74) is 3.98. The number of amides is 2. The minimum absolute atomic E-state index is 0.0466. The number of aliphatic carboxylic acids is 1. The first kappa shape index (κ1) is 21.3. The number of hydrogen-bond donors (Lipinski definition) is 1. The minimum Gasteiger partial charge on any atom is -0.481 e. The average molecular weight is 453 g/mol. The molecule has 2 heterocycles. The Balaban J connectivity index is 1.67. The molecule has 8 heteroatoms. The summed E-state index contributed by atoms with van der Waals surface area (Å²) in [4.78, 5) is 40.7. The van der Waals surface area contributed by atoms with Crippen LogP contribution in [0.1, 0.15) is 29.5 Å². The lowest BCUT2D eigenvalue weighted by Crippen LogP contribution is -2.30. The Kier molecular flexibility index (Phi) is 5.93. The zero-order valence-corrected chi connectivity index (χ0v) is 18.5. The Bertz CT molecular complexity index is 1120. The minimum atomic E-state index is -0.921. The molecule has 4 rings (SSSR count). The van der Waals surface area contributed by atoms with Crippen molar-refractivity contribution in [3.63, 3.8) is 0 Å². The lowest BCUT2D eigenvalue weighted by Gasteiger charge is -2.17. The summed E-state index contributed by atoms with van der Waals surface area (Å²) in [7, 11) is 0. The maximum atomic E-state index is 13.4. The SMILES string of the molecule is Cc1ccc(CN2C(=O)/C(=C3/SC(=S)N(CCCC(=O)O)C3=O)c3ccccc32)cc1. The van der Waals surface area contributed by atoms with Gasteiger partial charge < -0.3 is 10.0 Å². The van der Waals surface area contributed by atoms with Gasteiger partial charge in [0.05, 0.1) is 22.7 Å². The second kappa shape index (κ2) is 8.64. The second-order valence-electron chi connectivity index (χ2n) is 7.42. The Morgan fingerprint density at radius 1 is 1.03 bits per heavy atom. The van der Waals surface area contributed by atoms with E-state index in [1.165, 1.54) is 4.90 Å². The molecule has 31 heavy (non-hydrogen) atoms. The van der Waals surface area contributed by atoms with E-state index in [1.807, 2.05) is 55.5 Å². The van der Waals surface area contributed by atoms with Gasteiger partial charge >= 0.3 is 5.97 Å². The van der Waals surface area contributed by atoms with Crippen LogP contribution in [0.25, 0.3) is 5.57 Å². The van der Waals surface area contributed by atoms with Crippen LogP contribution in [0.4, 0.5) is 5.69 Å². The molecule has 2 aliphatic rings. The molecule has 0 radical (unpaired) electrons. The predicted molar refractivity (Wildman–Crippen MR) is 125 cm³/mol. The zero-order valence-electron chi connectivity index (χ0n) is 16.8. The molecule has 2 aromatic rings. The number of rotatable bonds is 6. The van der Waals surface area contributed by atoms with E-state index in [4.69, 9.17) is 17.3 Å². The molecule has 2 aromatic carbocycles. The van der Waals surface area contributed by atoms with Crippen molar-refractivity contribution in [1.29, 1.82) is 0 Å². The van der Waals surface area contributed by atoms with Crippen molar-refractivity contribution in [2.24, 2.45) is 0 Å². The fourth-order valence-electron chi connectivity index (χ4n) is 3.66. The first-order valence-electron chi connectivity index (χ1n) is 9.83. The van der Waals surface area contributed by atoms with Crippen LogP contribution in [0, 0.1) is 6.92 Å². The zero-order chi connectivity index (χ0) is 22.1. The van der Waals surface area contributed by atoms with Crippen molar-refractivity contribution in [3.05, 3.63) is 70.1 Å². The van der Waals surface area contributed by atoms with Crippen LogP contribution >= 0.6 is 24.0 Å². The molecule has 0 saturated carbocycles. The molecule has 0 aromatic heterocycles. The molecule has 1 N–H and O–H groups in total. The highest BCUT2D eigenvalue weighted by Crippen LogP contribution is 2.45. The molecule has 1 fully saturated rings. The van der Waals surface area contributed by atoms with Crippen molar-refractivity contribution in [3.8, 4) is 0 Å². The summed E-state index contributed by atoms with van der Waals surface area (Å²) in [5, 5.41) is 8.85. The fourth-order valence-corrected chi connectivity index (χ4v) is 5.04. The van der Waals surface area contributed by atoms with Gasteiger partial charge in [0, 0.05) is 18.5 Å². The number of carboxylic acid groups (broad SMARTS) is 1. The number of nitrogens with zero attached hydrogens (tertiary/aromatic N) is 2. The number of carbonyl (C=O) groups is 3. The number of anilines is 1. The van der Waals surface area contributed by atoms with Gasteiger partial charge in [0.25, 0.3) is 11.8 Å². The summed E-state index contributed by atoms with van der Waals surface area (Å²) in [6, 6.07) is 15.4. The summed E-state index contributed by atoms with van der Waals surface area (Å²) in [5.74, 6) is -1.49. The quantitative estimate of drug-likeness (QED) is 0.528. The van der Waals surface area contributed by atoms with E-state index in [-0.39, 0.29) is 24.8 Å². The van der Waals surface area contributed by atoms with Crippen molar-refractivity contribution in [1.82, 2.24) is 4.90 Å². The third-order valence-electron chi connectivity index (χ3n) is 5.23. The molecule has 0 spiro atoms. The normalized spacial score (nSPS) is 18.2. The molecular weight excluding hydrogens is 432 g/mol. The second-order valence-corrected chi connectivity index (χ2v) is 9.06. The molecule has 0 aliphatic carbocycles. The average Bonchev–Trinajstić information content (AvgIpc) is 3.17. The first-order valence-corrected chi connectivity index (χ1v) is 11.1. The van der Waals surface area contributed by atoms with Crippen molar-refractivity contribution >= 4 is 57.3 Å². The van der Waals surface area contributed by atoms with E-state index in [9.17, 15) is 14.4 Å². The first-order chi connectivity index (χ1) is 14.9. The smallest absolute Gasteiger partial charge is 0.303 e. The Morgan fingerprint density at radius 2 is 1.74 bits per heavy atom. The third kappa shape index (κ3) is 4.13. The maximum absolute atomic E-state index is 13.4. The largest absolute Gasteiger partial charge is 0.481 e. The number of carboxylic acids is 1. The van der Waals surface area contributed by atoms with E-state index in [2.05, 4.69) is 0 Å². The molecule has 2 aliphatic heterocycles. The molecule has 6 nitrogen and oxygen atoms in total. The number of para-hydroxylation sites is 1. The van der Waals surface area contributed by atoms with Crippen LogP contribution < -0.4 is 4.90 Å². The summed E-state index contributed by atoms with van der Waals surface area (Å²) >= 11 is 6.46. The van der Waals surface area contributed by atoms with Crippen molar-refractivity contribution < 1.29 is 19.5 Å². The fraction of sp³-hybridized carbons (Fsp3) is 0.217. The van der Waals surface area contributed by atoms with Gasteiger partial charge in [0.15, 0.2) is 0 Å². The van der Waals surface area contributed by atoms with Gasteiger partial charge in [-0.1, -0.05) is 72.0 Å². The Labute approximate surface area is 189 Å². The molecule has 0 atom stereocenters.